The van der Waals surface area contributed by atoms with Gasteiger partial charge < -0.3 is 11.5 Å². The minimum Gasteiger partial charge on any atom is -0.383 e. The Labute approximate surface area is 91.8 Å². The minimum atomic E-state index is -2.70. The van der Waals surface area contributed by atoms with E-state index in [4.69, 9.17) is 11.5 Å². The van der Waals surface area contributed by atoms with Gasteiger partial charge in [0, 0.05) is 0 Å². The first-order valence-electron chi connectivity index (χ1n) is 3.47. The van der Waals surface area contributed by atoms with Crippen molar-refractivity contribution in [2.45, 2.75) is 6.43 Å². The van der Waals surface area contributed by atoms with Crippen LogP contribution in [0.25, 0.3) is 0 Å². The van der Waals surface area contributed by atoms with Gasteiger partial charge in [0.25, 0.3) is 12.3 Å². The number of primary amides is 1. The van der Waals surface area contributed by atoms with Crippen molar-refractivity contribution in [3.8, 4) is 0 Å². The predicted molar refractivity (Wildman–Crippen MR) is 54.8 cm³/mol. The summed E-state index contributed by atoms with van der Waals surface area (Å²) in [5.74, 6) is -1.00. The van der Waals surface area contributed by atoms with E-state index in [1.807, 2.05) is 0 Å². The number of rotatable bonds is 2. The molecule has 1 aromatic rings. The van der Waals surface area contributed by atoms with Gasteiger partial charge in [-0.1, -0.05) is 0 Å². The van der Waals surface area contributed by atoms with Crippen molar-refractivity contribution in [1.29, 1.82) is 0 Å². The van der Waals surface area contributed by atoms with E-state index in [9.17, 15) is 13.6 Å². The molecule has 1 rings (SSSR count). The fourth-order valence-corrected chi connectivity index (χ4v) is 1.52. The number of amides is 1. The number of carbonyl (C=O) groups is 1. The molecule has 0 aliphatic carbocycles. The monoisotopic (exact) mass is 313 g/mol. The molecule has 4 nitrogen and oxygen atoms in total. The average molecular weight is 313 g/mol. The van der Waals surface area contributed by atoms with E-state index in [0.717, 1.165) is 6.07 Å². The molecule has 1 aromatic heterocycles. The smallest absolute Gasteiger partial charge is 0.266 e. The lowest BCUT2D eigenvalue weighted by atomic mass is 10.2. The van der Waals surface area contributed by atoms with Crippen LogP contribution >= 0.6 is 22.6 Å². The summed E-state index contributed by atoms with van der Waals surface area (Å²) in [6, 6.07) is 0.969. The summed E-state index contributed by atoms with van der Waals surface area (Å²) < 4.78 is 24.8. The van der Waals surface area contributed by atoms with Crippen LogP contribution in [0.5, 0.6) is 0 Å². The maximum absolute atomic E-state index is 12.4. The third kappa shape index (κ3) is 2.08. The molecule has 0 saturated carbocycles. The van der Waals surface area contributed by atoms with Crippen molar-refractivity contribution >= 4 is 34.3 Å². The van der Waals surface area contributed by atoms with Gasteiger partial charge in [-0.25, -0.2) is 13.8 Å². The quantitative estimate of drug-likeness (QED) is 0.638. The molecule has 0 aliphatic heterocycles. The Morgan fingerprint density at radius 3 is 2.57 bits per heavy atom. The van der Waals surface area contributed by atoms with E-state index < -0.39 is 12.3 Å². The highest BCUT2D eigenvalue weighted by molar-refractivity contribution is 14.1. The molecule has 76 valence electrons. The van der Waals surface area contributed by atoms with Crippen LogP contribution in [-0.4, -0.2) is 10.9 Å². The predicted octanol–water partition coefficient (Wildman–Crippen LogP) is 1.30. The van der Waals surface area contributed by atoms with E-state index in [1.54, 1.807) is 22.6 Å². The molecular weight excluding hydrogens is 307 g/mol. The van der Waals surface area contributed by atoms with Gasteiger partial charge in [-0.3, -0.25) is 4.79 Å². The Hall–Kier alpha value is -0.990. The molecule has 0 unspecified atom stereocenters. The lowest BCUT2D eigenvalue weighted by Crippen LogP contribution is -2.16. The molecule has 0 fully saturated rings. The van der Waals surface area contributed by atoms with Gasteiger partial charge in [0.05, 0.1) is 11.1 Å². The second kappa shape index (κ2) is 4.03. The van der Waals surface area contributed by atoms with Gasteiger partial charge in [-0.2, -0.15) is 0 Å². The van der Waals surface area contributed by atoms with Gasteiger partial charge in [-0.05, 0) is 28.7 Å². The van der Waals surface area contributed by atoms with Crippen LogP contribution in [0.15, 0.2) is 6.07 Å². The van der Waals surface area contributed by atoms with Gasteiger partial charge >= 0.3 is 0 Å². The third-order valence-corrected chi connectivity index (χ3v) is 2.40. The number of alkyl halides is 2. The largest absolute Gasteiger partial charge is 0.383 e. The molecule has 0 saturated heterocycles. The van der Waals surface area contributed by atoms with Crippen molar-refractivity contribution in [3.63, 3.8) is 0 Å². The molecule has 1 amide bonds. The van der Waals surface area contributed by atoms with E-state index in [0.29, 0.717) is 0 Å². The van der Waals surface area contributed by atoms with Crippen molar-refractivity contribution in [3.05, 3.63) is 20.9 Å². The second-order valence-corrected chi connectivity index (χ2v) is 3.49. The highest BCUT2D eigenvalue weighted by atomic mass is 127. The number of halogens is 3. The SMILES string of the molecule is NC(=O)c1cc(C(F)F)c(I)nc1N. The van der Waals surface area contributed by atoms with Crippen LogP contribution < -0.4 is 11.5 Å². The Morgan fingerprint density at radius 2 is 2.14 bits per heavy atom. The Bertz CT molecular complexity index is 383. The Balaban J connectivity index is 3.34. The number of carbonyl (C=O) groups excluding carboxylic acids is 1. The zero-order valence-electron chi connectivity index (χ0n) is 6.80. The summed E-state index contributed by atoms with van der Waals surface area (Å²) in [5, 5.41) is 0. The molecule has 0 aliphatic rings. The Morgan fingerprint density at radius 1 is 1.57 bits per heavy atom. The van der Waals surface area contributed by atoms with Crippen LogP contribution in [0, 0.1) is 3.70 Å². The summed E-state index contributed by atoms with van der Waals surface area (Å²) in [6.45, 7) is 0. The highest BCUT2D eigenvalue weighted by Crippen LogP contribution is 2.25. The molecule has 4 N–H and O–H groups in total. The molecule has 0 bridgehead atoms. The normalized spacial score (nSPS) is 10.6. The lowest BCUT2D eigenvalue weighted by Gasteiger charge is -2.06. The molecule has 7 heteroatoms. The van der Waals surface area contributed by atoms with Gasteiger partial charge in [0.15, 0.2) is 0 Å². The second-order valence-electron chi connectivity index (χ2n) is 2.47. The summed E-state index contributed by atoms with van der Waals surface area (Å²) >= 11 is 1.62. The first kappa shape index (κ1) is 11.1. The average Bonchev–Trinajstić information content (AvgIpc) is 2.02. The maximum atomic E-state index is 12.4. The van der Waals surface area contributed by atoms with E-state index in [2.05, 4.69) is 4.98 Å². The summed E-state index contributed by atoms with van der Waals surface area (Å²) in [7, 11) is 0. The first-order valence-corrected chi connectivity index (χ1v) is 4.55. The van der Waals surface area contributed by atoms with Crippen molar-refractivity contribution < 1.29 is 13.6 Å². The minimum absolute atomic E-state index is 0.0695. The number of nitrogens with zero attached hydrogens (tertiary/aromatic N) is 1. The number of pyridine rings is 1. The van der Waals surface area contributed by atoms with Crippen LogP contribution in [0.4, 0.5) is 14.6 Å². The molecular formula is C7H6F2IN3O. The van der Waals surface area contributed by atoms with Crippen LogP contribution in [0.2, 0.25) is 0 Å². The van der Waals surface area contributed by atoms with Crippen molar-refractivity contribution in [2.24, 2.45) is 5.73 Å². The van der Waals surface area contributed by atoms with E-state index >= 15 is 0 Å². The number of nitrogen functional groups attached to an aromatic ring is 1. The molecule has 0 radical (unpaired) electrons. The van der Waals surface area contributed by atoms with Gasteiger partial charge in [-0.15, -0.1) is 0 Å². The van der Waals surface area contributed by atoms with Gasteiger partial charge in [0.2, 0.25) is 0 Å². The highest BCUT2D eigenvalue weighted by Gasteiger charge is 2.17. The number of nitrogens with two attached hydrogens (primary N) is 2. The lowest BCUT2D eigenvalue weighted by molar-refractivity contribution is 0.1000. The first-order chi connectivity index (χ1) is 6.43. The fourth-order valence-electron chi connectivity index (χ4n) is 0.870. The summed E-state index contributed by atoms with van der Waals surface area (Å²) in [4.78, 5) is 14.4. The van der Waals surface area contributed by atoms with Crippen LogP contribution in [0.3, 0.4) is 0 Å². The van der Waals surface area contributed by atoms with E-state index in [-0.39, 0.29) is 20.6 Å². The zero-order valence-corrected chi connectivity index (χ0v) is 8.96. The third-order valence-electron chi connectivity index (χ3n) is 1.53. The van der Waals surface area contributed by atoms with E-state index in [1.165, 1.54) is 0 Å². The summed E-state index contributed by atoms with van der Waals surface area (Å²) in [5.41, 5.74) is 9.74. The van der Waals surface area contributed by atoms with Crippen molar-refractivity contribution in [2.75, 3.05) is 5.73 Å². The van der Waals surface area contributed by atoms with Crippen LogP contribution in [0.1, 0.15) is 22.3 Å². The molecule has 0 atom stereocenters. The molecule has 14 heavy (non-hydrogen) atoms. The maximum Gasteiger partial charge on any atom is 0.266 e. The van der Waals surface area contributed by atoms with Crippen LogP contribution in [-0.2, 0) is 0 Å². The number of anilines is 1. The zero-order chi connectivity index (χ0) is 10.9. The summed E-state index contributed by atoms with van der Waals surface area (Å²) in [6.07, 6.45) is -2.70. The fraction of sp³-hybridized carbons (Fsp3) is 0.143. The number of aromatic nitrogens is 1. The standard InChI is InChI=1S/C7H6F2IN3O/c8-4(9)2-1-3(7(12)14)6(11)13-5(2)10/h1,4H,(H2,11,13)(H2,12,14). The van der Waals surface area contributed by atoms with Gasteiger partial charge in [0.1, 0.15) is 9.52 Å². The topological polar surface area (TPSA) is 82.0 Å². The Kier molecular flexibility index (Phi) is 3.19. The molecule has 1 heterocycles. The molecule has 0 aromatic carbocycles. The number of hydrogen-bond donors (Lipinski definition) is 2. The van der Waals surface area contributed by atoms with Crippen molar-refractivity contribution in [1.82, 2.24) is 4.98 Å². The molecule has 0 spiro atoms. The number of hydrogen-bond acceptors (Lipinski definition) is 3.